The molecule has 1 heterocycles. The van der Waals surface area contributed by atoms with Gasteiger partial charge in [0.25, 0.3) is 0 Å². The molecule has 0 fully saturated rings. The quantitative estimate of drug-likeness (QED) is 0.867. The number of methoxy groups -OCH3 is 2. The highest BCUT2D eigenvalue weighted by Gasteiger charge is 2.23. The van der Waals surface area contributed by atoms with Crippen molar-refractivity contribution in [3.63, 3.8) is 0 Å². The van der Waals surface area contributed by atoms with Gasteiger partial charge < -0.3 is 14.4 Å². The first-order valence-corrected chi connectivity index (χ1v) is 7.13. The van der Waals surface area contributed by atoms with E-state index in [0.717, 1.165) is 35.8 Å². The van der Waals surface area contributed by atoms with Gasteiger partial charge in [0, 0.05) is 41.4 Å². The van der Waals surface area contributed by atoms with Crippen molar-refractivity contribution in [3.05, 3.63) is 42.0 Å². The maximum Gasteiger partial charge on any atom is 0.162 e. The fourth-order valence-electron chi connectivity index (χ4n) is 2.69. The topological polar surface area (TPSA) is 33.7 Å². The molecule has 21 heavy (non-hydrogen) atoms. The predicted molar refractivity (Wildman–Crippen MR) is 86.2 cm³/mol. The van der Waals surface area contributed by atoms with Gasteiger partial charge in [0.05, 0.1) is 14.2 Å². The number of nitrogens with one attached hydrogen (secondary N) is 1. The Bertz CT molecular complexity index is 643. The predicted octanol–water partition coefficient (Wildman–Crippen LogP) is 3.96. The van der Waals surface area contributed by atoms with Gasteiger partial charge in [0.2, 0.25) is 0 Å². The Labute approximate surface area is 129 Å². The highest BCUT2D eigenvalue weighted by atomic mass is 35.5. The van der Waals surface area contributed by atoms with E-state index in [1.165, 1.54) is 11.3 Å². The summed E-state index contributed by atoms with van der Waals surface area (Å²) in [5, 5.41) is 0. The van der Waals surface area contributed by atoms with Crippen molar-refractivity contribution in [1.29, 1.82) is 0 Å². The summed E-state index contributed by atoms with van der Waals surface area (Å²) in [4.78, 5) is 4.89. The Morgan fingerprint density at radius 2 is 1.71 bits per heavy atom. The Kier molecular flexibility index (Phi) is 3.80. The fraction of sp³-hybridized carbons (Fsp3) is 0.250. The largest absolute Gasteiger partial charge is 0.493 e. The molecule has 4 nitrogen and oxygen atoms in total. The Hall–Kier alpha value is -2.07. The molecular weight excluding hydrogens is 288 g/mol. The SMILES string of the molecule is COc1cc2c(cc1OC)N(c1ccc(NCl)cc1)CC2. The molecule has 0 radical (unpaired) electrons. The molecule has 1 N–H and O–H groups in total. The summed E-state index contributed by atoms with van der Waals surface area (Å²) in [6.45, 7) is 0.944. The molecule has 5 heteroatoms. The second kappa shape index (κ2) is 5.74. The molecule has 0 bridgehead atoms. The van der Waals surface area contributed by atoms with Crippen LogP contribution in [0.3, 0.4) is 0 Å². The molecule has 0 saturated carbocycles. The molecule has 0 atom stereocenters. The number of nitrogens with zero attached hydrogens (tertiary/aromatic N) is 1. The van der Waals surface area contributed by atoms with Gasteiger partial charge in [0.1, 0.15) is 0 Å². The lowest BCUT2D eigenvalue weighted by Crippen LogP contribution is -2.13. The van der Waals surface area contributed by atoms with Gasteiger partial charge in [-0.25, -0.2) is 0 Å². The average Bonchev–Trinajstić information content (AvgIpc) is 2.96. The summed E-state index contributed by atoms with van der Waals surface area (Å²) in [5.74, 6) is 1.53. The van der Waals surface area contributed by atoms with E-state index in [2.05, 4.69) is 27.9 Å². The Balaban J connectivity index is 1.98. The first-order valence-electron chi connectivity index (χ1n) is 6.76. The molecule has 110 valence electrons. The Morgan fingerprint density at radius 1 is 1.05 bits per heavy atom. The summed E-state index contributed by atoms with van der Waals surface area (Å²) in [7, 11) is 3.32. The van der Waals surface area contributed by atoms with Gasteiger partial charge in [-0.05, 0) is 42.3 Å². The molecule has 0 aliphatic carbocycles. The maximum atomic E-state index is 5.60. The number of hydrogen-bond acceptors (Lipinski definition) is 4. The summed E-state index contributed by atoms with van der Waals surface area (Å²) in [6, 6.07) is 12.1. The number of rotatable bonds is 4. The third-order valence-electron chi connectivity index (χ3n) is 3.77. The second-order valence-corrected chi connectivity index (χ2v) is 5.07. The minimum absolute atomic E-state index is 0.752. The van der Waals surface area contributed by atoms with E-state index in [1.807, 2.05) is 18.2 Å². The van der Waals surface area contributed by atoms with Gasteiger partial charge in [-0.3, -0.25) is 4.84 Å². The van der Waals surface area contributed by atoms with Crippen LogP contribution in [0.5, 0.6) is 11.5 Å². The molecule has 0 aromatic heterocycles. The van der Waals surface area contributed by atoms with Crippen LogP contribution in [0, 0.1) is 0 Å². The third kappa shape index (κ3) is 2.47. The van der Waals surface area contributed by atoms with Gasteiger partial charge in [-0.1, -0.05) is 0 Å². The van der Waals surface area contributed by atoms with Gasteiger partial charge in [0.15, 0.2) is 11.5 Å². The summed E-state index contributed by atoms with van der Waals surface area (Å²) >= 11 is 5.60. The van der Waals surface area contributed by atoms with Crippen LogP contribution < -0.4 is 19.2 Å². The average molecular weight is 305 g/mol. The highest BCUT2D eigenvalue weighted by molar-refractivity contribution is 6.23. The van der Waals surface area contributed by atoms with E-state index in [0.29, 0.717) is 0 Å². The van der Waals surface area contributed by atoms with Crippen LogP contribution in [-0.4, -0.2) is 20.8 Å². The van der Waals surface area contributed by atoms with Crippen molar-refractivity contribution in [2.24, 2.45) is 0 Å². The van der Waals surface area contributed by atoms with Crippen LogP contribution in [0.1, 0.15) is 5.56 Å². The lowest BCUT2D eigenvalue weighted by Gasteiger charge is -2.21. The molecule has 0 spiro atoms. The molecule has 2 aromatic carbocycles. The van der Waals surface area contributed by atoms with E-state index < -0.39 is 0 Å². The zero-order valence-corrected chi connectivity index (χ0v) is 12.8. The standard InChI is InChI=1S/C16H17ClN2O2/c1-20-15-9-11-7-8-19(14(11)10-16(15)21-2)13-5-3-12(18-17)4-6-13/h3-6,9-10,18H,7-8H2,1-2H3. The highest BCUT2D eigenvalue weighted by Crippen LogP contribution is 2.41. The van der Waals surface area contributed by atoms with Crippen LogP contribution in [0.25, 0.3) is 0 Å². The molecule has 1 aliphatic heterocycles. The van der Waals surface area contributed by atoms with Gasteiger partial charge in [-0.15, -0.1) is 0 Å². The molecule has 2 aromatic rings. The minimum atomic E-state index is 0.752. The molecule has 0 amide bonds. The van der Waals surface area contributed by atoms with E-state index >= 15 is 0 Å². The number of fused-ring (bicyclic) bond motifs is 1. The Morgan fingerprint density at radius 3 is 2.33 bits per heavy atom. The van der Waals surface area contributed by atoms with Crippen molar-refractivity contribution in [2.45, 2.75) is 6.42 Å². The van der Waals surface area contributed by atoms with Crippen LogP contribution in [0.15, 0.2) is 36.4 Å². The van der Waals surface area contributed by atoms with Crippen molar-refractivity contribution >= 4 is 28.8 Å². The van der Waals surface area contributed by atoms with E-state index in [-0.39, 0.29) is 0 Å². The minimum Gasteiger partial charge on any atom is -0.493 e. The van der Waals surface area contributed by atoms with Crippen LogP contribution in [0.4, 0.5) is 17.1 Å². The van der Waals surface area contributed by atoms with Crippen molar-refractivity contribution in [3.8, 4) is 11.5 Å². The van der Waals surface area contributed by atoms with Crippen LogP contribution >= 0.6 is 11.8 Å². The zero-order valence-electron chi connectivity index (χ0n) is 12.0. The summed E-state index contributed by atoms with van der Waals surface area (Å²) < 4.78 is 10.8. The smallest absolute Gasteiger partial charge is 0.162 e. The van der Waals surface area contributed by atoms with Gasteiger partial charge >= 0.3 is 0 Å². The molecule has 1 aliphatic rings. The number of benzene rings is 2. The normalized spacial score (nSPS) is 13.0. The van der Waals surface area contributed by atoms with Crippen LogP contribution in [-0.2, 0) is 6.42 Å². The fourth-order valence-corrected chi connectivity index (χ4v) is 2.81. The molecule has 3 rings (SSSR count). The lowest BCUT2D eigenvalue weighted by molar-refractivity contribution is 0.355. The van der Waals surface area contributed by atoms with Gasteiger partial charge in [-0.2, -0.15) is 0 Å². The number of hydrogen-bond donors (Lipinski definition) is 1. The van der Waals surface area contributed by atoms with E-state index in [4.69, 9.17) is 21.3 Å². The van der Waals surface area contributed by atoms with Crippen molar-refractivity contribution < 1.29 is 9.47 Å². The second-order valence-electron chi connectivity index (χ2n) is 4.88. The third-order valence-corrected chi connectivity index (χ3v) is 3.99. The van der Waals surface area contributed by atoms with E-state index in [9.17, 15) is 0 Å². The molecule has 0 unspecified atom stereocenters. The number of halogens is 1. The molecular formula is C16H17ClN2O2. The summed E-state index contributed by atoms with van der Waals surface area (Å²) in [5.41, 5.74) is 4.45. The number of anilines is 3. The first-order chi connectivity index (χ1) is 10.3. The maximum absolute atomic E-state index is 5.60. The van der Waals surface area contributed by atoms with E-state index in [1.54, 1.807) is 14.2 Å². The monoisotopic (exact) mass is 304 g/mol. The number of ether oxygens (including phenoxy) is 2. The first kappa shape index (κ1) is 13.9. The zero-order chi connectivity index (χ0) is 14.8. The van der Waals surface area contributed by atoms with Crippen molar-refractivity contribution in [2.75, 3.05) is 30.5 Å². The molecule has 0 saturated heterocycles. The summed E-state index contributed by atoms with van der Waals surface area (Å²) in [6.07, 6.45) is 0.991. The lowest BCUT2D eigenvalue weighted by atomic mass is 10.1. The van der Waals surface area contributed by atoms with Crippen molar-refractivity contribution in [1.82, 2.24) is 0 Å². The van der Waals surface area contributed by atoms with Crippen LogP contribution in [0.2, 0.25) is 0 Å².